The van der Waals surface area contributed by atoms with Crippen molar-refractivity contribution < 1.29 is 33.4 Å². The number of aryl methyl sites for hydroxylation is 2. The standard InChI is InChI=1S/C43H44N6O7S2/c1-22-13-31(50)37-32(53-22)17-33-36(38(37)51)26-5-3-4-9-43-34(56-43)7-6-23-14-29(48-35(44)15-23)27-16-25(19-49-18-24-8-11-46-30(24)20-49)47-40(45)28(27)21-58-57-12-10-42(2,55-33)39(26)54-41(43)52/h8,11,13-17,20,26,34,39,51H,3-7,9-10,12,18-19,21H2,1-2H3,(H2,44,48)(H2,45,47)/p+1/t26-,34-,39-,42+,43-/m1/s1. The molecule has 10 rings (SSSR count). The molecule has 4 aromatic rings. The molecule has 15 heteroatoms. The SMILES string of the molecule is Cc1cc(=O)c2c(O)c3c(cc2o1)O[C@@]1(C)CCSSCc2c(cc(C[NH+]4C=C5N=CC=C5C4)nc2N)-c2cc(cc(N)n2)CC[C@H]2O[C@]24CCCC[C@H]3[C@H]1OC4=O. The number of aliphatic imine (C=N–C) groups is 1. The Morgan fingerprint density at radius 3 is 2.79 bits per heavy atom. The summed E-state index contributed by atoms with van der Waals surface area (Å²) in [7, 11) is 3.33. The van der Waals surface area contributed by atoms with Crippen molar-refractivity contribution >= 4 is 56.4 Å². The average Bonchev–Trinajstić information content (AvgIpc) is 3.45. The first-order valence-electron chi connectivity index (χ1n) is 20.0. The van der Waals surface area contributed by atoms with Gasteiger partial charge in [0.25, 0.3) is 0 Å². The Morgan fingerprint density at radius 1 is 1.05 bits per heavy atom. The van der Waals surface area contributed by atoms with Gasteiger partial charge in [0.1, 0.15) is 76.6 Å². The van der Waals surface area contributed by atoms with Gasteiger partial charge in [-0.2, -0.15) is 0 Å². The van der Waals surface area contributed by atoms with E-state index in [1.54, 1.807) is 34.6 Å². The number of phenolic OH excluding ortho intramolecular Hbond substituents is 1. The Kier molecular flexibility index (Phi) is 9.15. The molecule has 1 spiro atoms. The van der Waals surface area contributed by atoms with Crippen LogP contribution in [0.15, 0.2) is 68.1 Å². The number of nitrogens with two attached hydrogens (primary N) is 2. The quantitative estimate of drug-likeness (QED) is 0.113. The average molecular weight is 822 g/mol. The van der Waals surface area contributed by atoms with Crippen LogP contribution in [0.25, 0.3) is 22.2 Å². The highest BCUT2D eigenvalue weighted by Crippen LogP contribution is 2.55. The second-order valence-corrected chi connectivity index (χ2v) is 19.1. The molecule has 58 heavy (non-hydrogen) atoms. The molecule has 2 saturated heterocycles. The van der Waals surface area contributed by atoms with Crippen LogP contribution < -0.4 is 26.5 Å². The van der Waals surface area contributed by atoms with Gasteiger partial charge in [-0.1, -0.05) is 28.0 Å². The first kappa shape index (κ1) is 37.4. The van der Waals surface area contributed by atoms with Crippen LogP contribution in [0.1, 0.15) is 79.5 Å². The third kappa shape index (κ3) is 6.46. The lowest BCUT2D eigenvalue weighted by Gasteiger charge is -2.46. The van der Waals surface area contributed by atoms with Gasteiger partial charge in [0.15, 0.2) is 11.0 Å². The number of phenols is 1. The number of quaternary nitrogens is 1. The zero-order chi connectivity index (χ0) is 39.9. The molecule has 6 N–H and O–H groups in total. The summed E-state index contributed by atoms with van der Waals surface area (Å²) in [5.41, 5.74) is 18.2. The molecule has 6 atom stereocenters. The van der Waals surface area contributed by atoms with Crippen LogP contribution in [0, 0.1) is 6.92 Å². The first-order chi connectivity index (χ1) is 28.0. The van der Waals surface area contributed by atoms with Crippen LogP contribution in [0.5, 0.6) is 11.5 Å². The van der Waals surface area contributed by atoms with E-state index in [-0.39, 0.29) is 28.3 Å². The lowest BCUT2D eigenvalue weighted by Crippen LogP contribution is -3.04. The highest BCUT2D eigenvalue weighted by atomic mass is 33.1. The van der Waals surface area contributed by atoms with Crippen molar-refractivity contribution in [1.82, 2.24) is 9.97 Å². The second kappa shape index (κ2) is 14.2. The van der Waals surface area contributed by atoms with E-state index in [4.69, 9.17) is 40.1 Å². The predicted molar refractivity (Wildman–Crippen MR) is 224 cm³/mol. The zero-order valence-corrected chi connectivity index (χ0v) is 34.0. The number of hydrogen-bond acceptors (Lipinski definition) is 14. The molecule has 0 amide bonds. The maximum atomic E-state index is 14.4. The molecule has 9 heterocycles. The van der Waals surface area contributed by atoms with Crippen LogP contribution in [-0.4, -0.2) is 63.0 Å². The van der Waals surface area contributed by atoms with Crippen LogP contribution >= 0.6 is 21.6 Å². The largest absolute Gasteiger partial charge is 0.507 e. The Balaban J connectivity index is 1.01. The minimum absolute atomic E-state index is 0.0994. The van der Waals surface area contributed by atoms with Crippen molar-refractivity contribution in [3.8, 4) is 22.8 Å². The fraction of sp³-hybridized carbons (Fsp3) is 0.419. The molecule has 300 valence electrons. The Bertz CT molecular complexity index is 2560. The number of carbonyl (C=O) groups excluding carboxylic acids is 1. The van der Waals surface area contributed by atoms with Gasteiger partial charge in [0.05, 0.1) is 17.5 Å². The number of epoxide rings is 1. The van der Waals surface area contributed by atoms with Gasteiger partial charge in [-0.05, 0) is 75.8 Å². The number of nitrogens with one attached hydrogen (secondary N) is 1. The van der Waals surface area contributed by atoms with Crippen molar-refractivity contribution in [2.45, 2.75) is 100 Å². The minimum atomic E-state index is -1.08. The van der Waals surface area contributed by atoms with Crippen LogP contribution in [0.2, 0.25) is 0 Å². The molecule has 3 aromatic heterocycles. The molecule has 4 bridgehead atoms. The van der Waals surface area contributed by atoms with Gasteiger partial charge in [0.2, 0.25) is 0 Å². The number of rotatable bonds is 2. The number of nitrogen functional groups attached to an aromatic ring is 2. The summed E-state index contributed by atoms with van der Waals surface area (Å²) in [4.78, 5) is 43.0. The molecule has 2 fully saturated rings. The third-order valence-corrected chi connectivity index (χ3v) is 14.8. The summed E-state index contributed by atoms with van der Waals surface area (Å²) in [6.45, 7) is 5.16. The summed E-state index contributed by atoms with van der Waals surface area (Å²) in [5, 5.41) is 11.9. The number of ether oxygens (including phenoxy) is 3. The van der Waals surface area contributed by atoms with Crippen molar-refractivity contribution in [3.05, 3.63) is 92.2 Å². The lowest BCUT2D eigenvalue weighted by atomic mass is 9.76. The fourth-order valence-electron chi connectivity index (χ4n) is 9.62. The Hall–Kier alpha value is -4.83. The van der Waals surface area contributed by atoms with Crippen molar-refractivity contribution in [3.63, 3.8) is 0 Å². The molecule has 1 aromatic carbocycles. The monoisotopic (exact) mass is 821 g/mol. The molecular formula is C43H45N6O7S2+. The summed E-state index contributed by atoms with van der Waals surface area (Å²) < 4.78 is 25.7. The maximum absolute atomic E-state index is 14.4. The number of carbonyl (C=O) groups is 1. The van der Waals surface area contributed by atoms with E-state index < -0.39 is 29.2 Å². The number of nitrogens with zero attached hydrogens (tertiary/aromatic N) is 3. The minimum Gasteiger partial charge on any atom is -0.507 e. The Morgan fingerprint density at radius 2 is 1.93 bits per heavy atom. The van der Waals surface area contributed by atoms with Crippen LogP contribution in [0.4, 0.5) is 11.6 Å². The normalized spacial score (nSPS) is 28.9. The van der Waals surface area contributed by atoms with E-state index in [0.29, 0.717) is 78.9 Å². The predicted octanol–water partition coefficient (Wildman–Crippen LogP) is 5.46. The number of aromatic nitrogens is 2. The third-order valence-electron chi connectivity index (χ3n) is 12.5. The summed E-state index contributed by atoms with van der Waals surface area (Å²) in [6, 6.07) is 9.13. The van der Waals surface area contributed by atoms with E-state index >= 15 is 0 Å². The number of benzene rings is 1. The molecule has 0 radical (unpaired) electrons. The number of fused-ring (bicyclic) bond motifs is 9. The molecule has 13 nitrogen and oxygen atoms in total. The van der Waals surface area contributed by atoms with E-state index in [1.165, 1.54) is 16.5 Å². The van der Waals surface area contributed by atoms with Crippen molar-refractivity contribution in [2.24, 2.45) is 4.99 Å². The van der Waals surface area contributed by atoms with Crippen LogP contribution in [-0.2, 0) is 33.0 Å². The molecular weight excluding hydrogens is 777 g/mol. The Labute approximate surface area is 342 Å². The molecule has 0 aliphatic carbocycles. The van der Waals surface area contributed by atoms with E-state index in [2.05, 4.69) is 29.4 Å². The second-order valence-electron chi connectivity index (χ2n) is 16.5. The van der Waals surface area contributed by atoms with Gasteiger partial charge in [-0.3, -0.25) is 14.7 Å². The lowest BCUT2D eigenvalue weighted by molar-refractivity contribution is -0.852. The molecule has 0 saturated carbocycles. The number of pyridine rings is 2. The fourth-order valence-corrected chi connectivity index (χ4v) is 11.9. The van der Waals surface area contributed by atoms with E-state index in [1.807, 2.05) is 19.2 Å². The smallest absolute Gasteiger partial charge is 0.341 e. The van der Waals surface area contributed by atoms with Gasteiger partial charge >= 0.3 is 5.97 Å². The molecule has 6 aliphatic heterocycles. The van der Waals surface area contributed by atoms with E-state index in [0.717, 1.165) is 53.2 Å². The van der Waals surface area contributed by atoms with Gasteiger partial charge < -0.3 is 35.2 Å². The number of hydrogen-bond donors (Lipinski definition) is 4. The molecule has 6 aliphatic rings. The first-order valence-corrected chi connectivity index (χ1v) is 22.4. The van der Waals surface area contributed by atoms with Crippen molar-refractivity contribution in [1.29, 1.82) is 0 Å². The summed E-state index contributed by atoms with van der Waals surface area (Å²) in [6.07, 6.45) is 9.28. The number of anilines is 2. The van der Waals surface area contributed by atoms with Gasteiger partial charge in [0, 0.05) is 64.5 Å². The number of allylic oxidation sites excluding steroid dienone is 1. The summed E-state index contributed by atoms with van der Waals surface area (Å²) in [5.74, 6) is 1.92. The summed E-state index contributed by atoms with van der Waals surface area (Å²) >= 11 is 0. The van der Waals surface area contributed by atoms with Gasteiger partial charge in [-0.15, -0.1) is 0 Å². The highest BCUT2D eigenvalue weighted by molar-refractivity contribution is 8.76. The highest BCUT2D eigenvalue weighted by Gasteiger charge is 2.64. The van der Waals surface area contributed by atoms with Crippen LogP contribution in [0.3, 0.4) is 0 Å². The maximum Gasteiger partial charge on any atom is 0.341 e. The molecule has 1 unspecified atom stereocenters. The number of aromatic hydroxyl groups is 1. The zero-order valence-electron chi connectivity index (χ0n) is 32.3. The topological polar surface area (TPSA) is 193 Å². The van der Waals surface area contributed by atoms with E-state index in [9.17, 15) is 14.7 Å². The number of esters is 1. The van der Waals surface area contributed by atoms with Crippen molar-refractivity contribution in [2.75, 3.05) is 23.8 Å². The van der Waals surface area contributed by atoms with Gasteiger partial charge in [-0.25, -0.2) is 14.8 Å².